The fourth-order valence-corrected chi connectivity index (χ4v) is 3.24. The molecule has 1 aromatic carbocycles. The van der Waals surface area contributed by atoms with E-state index < -0.39 is 0 Å². The molecule has 0 bridgehead atoms. The predicted molar refractivity (Wildman–Crippen MR) is 83.9 cm³/mol. The van der Waals surface area contributed by atoms with Crippen LogP contribution in [0.25, 0.3) is 0 Å². The van der Waals surface area contributed by atoms with E-state index in [1.807, 2.05) is 30.5 Å². The van der Waals surface area contributed by atoms with Crippen LogP contribution in [0.4, 0.5) is 5.69 Å². The van der Waals surface area contributed by atoms with E-state index in [9.17, 15) is 4.79 Å². The molecule has 21 heavy (non-hydrogen) atoms. The third-order valence-electron chi connectivity index (χ3n) is 3.86. The molecule has 0 spiro atoms. The van der Waals surface area contributed by atoms with Crippen LogP contribution in [-0.2, 0) is 12.8 Å². The fraction of sp³-hybridized carbons (Fsp3) is 0.375. The molecule has 5 heteroatoms. The monoisotopic (exact) mass is 302 g/mol. The second-order valence-corrected chi connectivity index (χ2v) is 6.28. The lowest BCUT2D eigenvalue weighted by Gasteiger charge is -2.16. The van der Waals surface area contributed by atoms with Crippen molar-refractivity contribution in [2.45, 2.75) is 31.1 Å². The van der Waals surface area contributed by atoms with Gasteiger partial charge < -0.3 is 9.84 Å². The summed E-state index contributed by atoms with van der Waals surface area (Å²) in [6, 6.07) is 7.76. The molecular weight excluding hydrogens is 284 g/mol. The lowest BCUT2D eigenvalue weighted by Crippen LogP contribution is -2.18. The van der Waals surface area contributed by atoms with Crippen molar-refractivity contribution in [3.8, 4) is 0 Å². The maximum atomic E-state index is 12.5. The van der Waals surface area contributed by atoms with Crippen molar-refractivity contribution < 1.29 is 9.32 Å². The number of nitrogens with one attached hydrogen (secondary N) is 1. The van der Waals surface area contributed by atoms with Gasteiger partial charge in [-0.3, -0.25) is 4.79 Å². The Balaban J connectivity index is 1.85. The first kappa shape index (κ1) is 14.2. The first-order chi connectivity index (χ1) is 10.2. The van der Waals surface area contributed by atoms with Crippen LogP contribution in [0.1, 0.15) is 35.2 Å². The number of nitrogens with zero attached hydrogens (tertiary/aromatic N) is 1. The lowest BCUT2D eigenvalue weighted by atomic mass is 9.88. The summed E-state index contributed by atoms with van der Waals surface area (Å²) in [5.74, 6) is 1.26. The number of carbonyl (C=O) groups is 1. The molecule has 0 radical (unpaired) electrons. The first-order valence-electron chi connectivity index (χ1n) is 7.11. The third kappa shape index (κ3) is 2.83. The first-order valence-corrected chi connectivity index (χ1v) is 8.33. The number of amides is 1. The summed E-state index contributed by atoms with van der Waals surface area (Å²) in [4.78, 5) is 13.5. The second kappa shape index (κ2) is 5.93. The van der Waals surface area contributed by atoms with Gasteiger partial charge in [-0.25, -0.2) is 0 Å². The number of anilines is 1. The Morgan fingerprint density at radius 2 is 2.24 bits per heavy atom. The van der Waals surface area contributed by atoms with Crippen LogP contribution < -0.4 is 5.32 Å². The highest BCUT2D eigenvalue weighted by Crippen LogP contribution is 2.29. The van der Waals surface area contributed by atoms with E-state index in [0.29, 0.717) is 11.6 Å². The molecule has 2 aromatic rings. The van der Waals surface area contributed by atoms with Gasteiger partial charge in [0.25, 0.3) is 5.91 Å². The molecule has 110 valence electrons. The summed E-state index contributed by atoms with van der Waals surface area (Å²) >= 11 is 1.61. The quantitative estimate of drug-likeness (QED) is 0.877. The summed E-state index contributed by atoms with van der Waals surface area (Å²) in [6.45, 7) is 2.20. The largest absolute Gasteiger partial charge is 0.360 e. The van der Waals surface area contributed by atoms with Gasteiger partial charge >= 0.3 is 0 Å². The molecular formula is C16H18N2O2S. The molecule has 4 nitrogen and oxygen atoms in total. The van der Waals surface area contributed by atoms with Crippen molar-refractivity contribution in [1.82, 2.24) is 5.16 Å². The van der Waals surface area contributed by atoms with Gasteiger partial charge in [0.2, 0.25) is 0 Å². The van der Waals surface area contributed by atoms with E-state index in [-0.39, 0.29) is 5.91 Å². The number of thioether (sulfide) groups is 1. The number of aryl methyl sites for hydroxylation is 1. The normalized spacial score (nSPS) is 17.3. The minimum atomic E-state index is -0.185. The summed E-state index contributed by atoms with van der Waals surface area (Å²) in [6.07, 6.45) is 4.83. The third-order valence-corrected chi connectivity index (χ3v) is 4.65. The van der Waals surface area contributed by atoms with Crippen LogP contribution in [0.3, 0.4) is 0 Å². The molecule has 3 rings (SSSR count). The van der Waals surface area contributed by atoms with E-state index in [1.54, 1.807) is 11.8 Å². The average molecular weight is 302 g/mol. The maximum absolute atomic E-state index is 12.5. The Morgan fingerprint density at radius 3 is 3.05 bits per heavy atom. The standard InChI is InChI=1S/C16H18N2O2S/c1-10-7-8-13-11(9-10)15(18-20-13)16(19)17-12-5-3-4-6-14(12)21-2/h3-6,10H,7-9H2,1-2H3,(H,17,19). The zero-order chi connectivity index (χ0) is 14.8. The van der Waals surface area contributed by atoms with Crippen molar-refractivity contribution in [2.24, 2.45) is 5.92 Å². The molecule has 0 fully saturated rings. The smallest absolute Gasteiger partial charge is 0.278 e. The average Bonchev–Trinajstić information content (AvgIpc) is 2.90. The Bertz CT molecular complexity index is 666. The highest BCUT2D eigenvalue weighted by atomic mass is 32.2. The van der Waals surface area contributed by atoms with Crippen molar-refractivity contribution in [2.75, 3.05) is 11.6 Å². The van der Waals surface area contributed by atoms with Crippen LogP contribution in [0.5, 0.6) is 0 Å². The van der Waals surface area contributed by atoms with Crippen molar-refractivity contribution >= 4 is 23.4 Å². The zero-order valence-corrected chi connectivity index (χ0v) is 13.0. The summed E-state index contributed by atoms with van der Waals surface area (Å²) in [5.41, 5.74) is 2.23. The Morgan fingerprint density at radius 1 is 1.43 bits per heavy atom. The van der Waals surface area contributed by atoms with E-state index >= 15 is 0 Å². The number of hydrogen-bond acceptors (Lipinski definition) is 4. The number of para-hydroxylation sites is 1. The van der Waals surface area contributed by atoms with Crippen LogP contribution in [0.2, 0.25) is 0 Å². The number of aromatic nitrogens is 1. The molecule has 0 saturated heterocycles. The number of benzene rings is 1. The second-order valence-electron chi connectivity index (χ2n) is 5.44. The van der Waals surface area contributed by atoms with Gasteiger partial charge in [0.05, 0.1) is 5.69 Å². The van der Waals surface area contributed by atoms with Crippen molar-refractivity contribution in [3.63, 3.8) is 0 Å². The maximum Gasteiger partial charge on any atom is 0.278 e. The topological polar surface area (TPSA) is 55.1 Å². The molecule has 1 amide bonds. The number of fused-ring (bicyclic) bond motifs is 1. The van der Waals surface area contributed by atoms with E-state index in [4.69, 9.17) is 4.52 Å². The van der Waals surface area contributed by atoms with Crippen LogP contribution in [0.15, 0.2) is 33.7 Å². The van der Waals surface area contributed by atoms with Gasteiger partial charge in [-0.1, -0.05) is 24.2 Å². The zero-order valence-electron chi connectivity index (χ0n) is 12.2. The lowest BCUT2D eigenvalue weighted by molar-refractivity contribution is 0.101. The predicted octanol–water partition coefficient (Wildman–Crippen LogP) is 3.77. The highest BCUT2D eigenvalue weighted by Gasteiger charge is 2.27. The molecule has 1 atom stereocenters. The van der Waals surface area contributed by atoms with Gasteiger partial charge in [0.15, 0.2) is 5.69 Å². The molecule has 0 aliphatic heterocycles. The molecule has 1 aliphatic rings. The highest BCUT2D eigenvalue weighted by molar-refractivity contribution is 7.98. The Hall–Kier alpha value is -1.75. The SMILES string of the molecule is CSc1ccccc1NC(=O)c1noc2c1CC(C)CC2. The van der Waals surface area contributed by atoms with Crippen LogP contribution in [0, 0.1) is 5.92 Å². The number of carbonyl (C=O) groups excluding carboxylic acids is 1. The minimum Gasteiger partial charge on any atom is -0.360 e. The Kier molecular flexibility index (Phi) is 4.01. The van der Waals surface area contributed by atoms with Gasteiger partial charge in [0, 0.05) is 16.9 Å². The van der Waals surface area contributed by atoms with E-state index in [1.165, 1.54) is 0 Å². The van der Waals surface area contributed by atoms with Crippen LogP contribution in [-0.4, -0.2) is 17.3 Å². The van der Waals surface area contributed by atoms with Gasteiger partial charge in [-0.05, 0) is 37.1 Å². The van der Waals surface area contributed by atoms with Crippen LogP contribution >= 0.6 is 11.8 Å². The number of rotatable bonds is 3. The minimum absolute atomic E-state index is 0.185. The molecule has 1 N–H and O–H groups in total. The molecule has 1 heterocycles. The summed E-state index contributed by atoms with van der Waals surface area (Å²) < 4.78 is 5.33. The summed E-state index contributed by atoms with van der Waals surface area (Å²) in [7, 11) is 0. The van der Waals surface area contributed by atoms with Gasteiger partial charge in [-0.2, -0.15) is 0 Å². The Labute approximate surface area is 128 Å². The molecule has 1 aromatic heterocycles. The molecule has 0 saturated carbocycles. The number of hydrogen-bond donors (Lipinski definition) is 1. The summed E-state index contributed by atoms with van der Waals surface area (Å²) in [5, 5.41) is 6.94. The van der Waals surface area contributed by atoms with Gasteiger partial charge in [0.1, 0.15) is 5.76 Å². The molecule has 1 unspecified atom stereocenters. The van der Waals surface area contributed by atoms with Crippen molar-refractivity contribution in [3.05, 3.63) is 41.3 Å². The van der Waals surface area contributed by atoms with Gasteiger partial charge in [-0.15, -0.1) is 11.8 Å². The van der Waals surface area contributed by atoms with Crippen molar-refractivity contribution in [1.29, 1.82) is 0 Å². The molecule has 1 aliphatic carbocycles. The van der Waals surface area contributed by atoms with E-state index in [2.05, 4.69) is 17.4 Å². The fourth-order valence-electron chi connectivity index (χ4n) is 2.69. The van der Waals surface area contributed by atoms with E-state index in [0.717, 1.165) is 41.2 Å².